The fourth-order valence-electron chi connectivity index (χ4n) is 1.91. The minimum Gasteiger partial charge on any atom is -0.351 e. The standard InChI is InChI=1S/C15H25N3O2S/c1-4-7-14(19)18(9-6-3)10-13-17-12(11-21-13)15(20)16-8-5-2/h11H,4-10H2,1-3H3,(H,16,20). The lowest BCUT2D eigenvalue weighted by Crippen LogP contribution is -2.31. The maximum Gasteiger partial charge on any atom is 0.270 e. The largest absolute Gasteiger partial charge is 0.351 e. The molecule has 1 aromatic heterocycles. The number of carbonyl (C=O) groups excluding carboxylic acids is 2. The first-order chi connectivity index (χ1) is 10.1. The van der Waals surface area contributed by atoms with E-state index in [2.05, 4.69) is 17.2 Å². The van der Waals surface area contributed by atoms with Gasteiger partial charge in [0, 0.05) is 24.9 Å². The molecule has 118 valence electrons. The number of carbonyl (C=O) groups is 2. The molecule has 0 saturated carbocycles. The lowest BCUT2D eigenvalue weighted by atomic mass is 10.3. The van der Waals surface area contributed by atoms with E-state index in [1.807, 2.05) is 18.7 Å². The van der Waals surface area contributed by atoms with Gasteiger partial charge in [0.15, 0.2) is 0 Å². The van der Waals surface area contributed by atoms with Crippen LogP contribution >= 0.6 is 11.3 Å². The van der Waals surface area contributed by atoms with Gasteiger partial charge in [0.1, 0.15) is 10.7 Å². The van der Waals surface area contributed by atoms with Crippen molar-refractivity contribution in [1.82, 2.24) is 15.2 Å². The molecule has 0 fully saturated rings. The molecule has 1 heterocycles. The summed E-state index contributed by atoms with van der Waals surface area (Å²) in [6.45, 7) is 7.95. The van der Waals surface area contributed by atoms with Gasteiger partial charge in [-0.1, -0.05) is 20.8 Å². The zero-order chi connectivity index (χ0) is 15.7. The van der Waals surface area contributed by atoms with E-state index in [0.29, 0.717) is 25.2 Å². The van der Waals surface area contributed by atoms with Crippen molar-refractivity contribution in [2.24, 2.45) is 0 Å². The van der Waals surface area contributed by atoms with Gasteiger partial charge in [-0.2, -0.15) is 0 Å². The van der Waals surface area contributed by atoms with Crippen LogP contribution in [0.4, 0.5) is 0 Å². The SMILES string of the molecule is CCCNC(=O)c1csc(CN(CCC)C(=O)CCC)n1. The summed E-state index contributed by atoms with van der Waals surface area (Å²) in [6, 6.07) is 0. The monoisotopic (exact) mass is 311 g/mol. The van der Waals surface area contributed by atoms with Gasteiger partial charge in [-0.15, -0.1) is 11.3 Å². The molecule has 2 amide bonds. The van der Waals surface area contributed by atoms with Crippen LogP contribution in [0.15, 0.2) is 5.38 Å². The van der Waals surface area contributed by atoms with Gasteiger partial charge in [-0.05, 0) is 19.3 Å². The van der Waals surface area contributed by atoms with Crippen molar-refractivity contribution in [3.8, 4) is 0 Å². The summed E-state index contributed by atoms with van der Waals surface area (Å²) >= 11 is 1.44. The number of hydrogen-bond acceptors (Lipinski definition) is 4. The molecule has 0 bridgehead atoms. The minimum atomic E-state index is -0.138. The first-order valence-corrected chi connectivity index (χ1v) is 8.50. The molecule has 21 heavy (non-hydrogen) atoms. The zero-order valence-electron chi connectivity index (χ0n) is 13.1. The second-order valence-corrected chi connectivity index (χ2v) is 5.89. The Morgan fingerprint density at radius 3 is 2.62 bits per heavy atom. The van der Waals surface area contributed by atoms with Crippen LogP contribution in [0.5, 0.6) is 0 Å². The molecule has 0 saturated heterocycles. The van der Waals surface area contributed by atoms with Gasteiger partial charge in [-0.3, -0.25) is 9.59 Å². The van der Waals surface area contributed by atoms with Crippen LogP contribution in [-0.4, -0.2) is 34.8 Å². The number of nitrogens with zero attached hydrogens (tertiary/aromatic N) is 2. The van der Waals surface area contributed by atoms with Crippen molar-refractivity contribution in [2.75, 3.05) is 13.1 Å². The molecule has 0 unspecified atom stereocenters. The Bertz CT molecular complexity index is 460. The van der Waals surface area contributed by atoms with Crippen molar-refractivity contribution in [1.29, 1.82) is 0 Å². The topological polar surface area (TPSA) is 62.3 Å². The summed E-state index contributed by atoms with van der Waals surface area (Å²) in [5.74, 6) is 0.0211. The Hall–Kier alpha value is -1.43. The van der Waals surface area contributed by atoms with Crippen LogP contribution in [-0.2, 0) is 11.3 Å². The third kappa shape index (κ3) is 5.83. The highest BCUT2D eigenvalue weighted by Crippen LogP contribution is 2.14. The molecule has 1 rings (SSSR count). The first-order valence-electron chi connectivity index (χ1n) is 7.62. The Morgan fingerprint density at radius 1 is 1.24 bits per heavy atom. The van der Waals surface area contributed by atoms with Crippen LogP contribution < -0.4 is 5.32 Å². The predicted molar refractivity (Wildman–Crippen MR) is 85.4 cm³/mol. The average Bonchev–Trinajstić information content (AvgIpc) is 2.93. The minimum absolute atomic E-state index is 0.138. The molecule has 5 nitrogen and oxygen atoms in total. The second kappa shape index (κ2) is 9.50. The van der Waals surface area contributed by atoms with Gasteiger partial charge < -0.3 is 10.2 Å². The van der Waals surface area contributed by atoms with Crippen LogP contribution in [0.1, 0.15) is 62.0 Å². The number of thiazole rings is 1. The number of hydrogen-bond donors (Lipinski definition) is 1. The number of aromatic nitrogens is 1. The first kappa shape index (κ1) is 17.6. The van der Waals surface area contributed by atoms with Gasteiger partial charge in [0.2, 0.25) is 5.91 Å². The summed E-state index contributed by atoms with van der Waals surface area (Å²) in [5.41, 5.74) is 0.447. The Morgan fingerprint density at radius 2 is 2.00 bits per heavy atom. The van der Waals surface area contributed by atoms with Crippen LogP contribution in [0, 0.1) is 0 Å². The molecule has 1 N–H and O–H groups in total. The normalized spacial score (nSPS) is 10.4. The van der Waals surface area contributed by atoms with E-state index in [9.17, 15) is 9.59 Å². The Kier molecular flexibility index (Phi) is 7.97. The van der Waals surface area contributed by atoms with E-state index >= 15 is 0 Å². The van der Waals surface area contributed by atoms with Crippen molar-refractivity contribution < 1.29 is 9.59 Å². The lowest BCUT2D eigenvalue weighted by Gasteiger charge is -2.20. The third-order valence-corrected chi connectivity index (χ3v) is 3.79. The maximum atomic E-state index is 12.0. The smallest absolute Gasteiger partial charge is 0.270 e. The second-order valence-electron chi connectivity index (χ2n) is 4.95. The van der Waals surface area contributed by atoms with E-state index in [0.717, 1.165) is 30.8 Å². The highest BCUT2D eigenvalue weighted by molar-refractivity contribution is 7.09. The molecule has 0 atom stereocenters. The summed E-state index contributed by atoms with van der Waals surface area (Å²) in [7, 11) is 0. The van der Waals surface area contributed by atoms with E-state index in [-0.39, 0.29) is 11.8 Å². The Balaban J connectivity index is 2.65. The summed E-state index contributed by atoms with van der Waals surface area (Å²) in [4.78, 5) is 30.0. The fourth-order valence-corrected chi connectivity index (χ4v) is 2.70. The molecule has 0 aromatic carbocycles. The zero-order valence-corrected chi connectivity index (χ0v) is 14.0. The van der Waals surface area contributed by atoms with E-state index in [1.165, 1.54) is 11.3 Å². The quantitative estimate of drug-likeness (QED) is 0.763. The van der Waals surface area contributed by atoms with Crippen LogP contribution in [0.3, 0.4) is 0 Å². The molecule has 0 spiro atoms. The molecular weight excluding hydrogens is 286 g/mol. The number of amides is 2. The molecule has 0 aliphatic carbocycles. The number of nitrogens with one attached hydrogen (secondary N) is 1. The highest BCUT2D eigenvalue weighted by Gasteiger charge is 2.16. The fraction of sp³-hybridized carbons (Fsp3) is 0.667. The van der Waals surface area contributed by atoms with Crippen molar-refractivity contribution >= 4 is 23.2 Å². The highest BCUT2D eigenvalue weighted by atomic mass is 32.1. The van der Waals surface area contributed by atoms with Gasteiger partial charge >= 0.3 is 0 Å². The van der Waals surface area contributed by atoms with Crippen LogP contribution in [0.25, 0.3) is 0 Å². The number of rotatable bonds is 9. The molecule has 0 radical (unpaired) electrons. The molecule has 0 aliphatic rings. The third-order valence-electron chi connectivity index (χ3n) is 2.96. The van der Waals surface area contributed by atoms with Gasteiger partial charge in [-0.25, -0.2) is 4.98 Å². The summed E-state index contributed by atoms with van der Waals surface area (Å²) in [6.07, 6.45) is 3.24. The van der Waals surface area contributed by atoms with E-state index in [1.54, 1.807) is 5.38 Å². The van der Waals surface area contributed by atoms with Crippen LogP contribution in [0.2, 0.25) is 0 Å². The van der Waals surface area contributed by atoms with Crippen molar-refractivity contribution in [3.05, 3.63) is 16.1 Å². The van der Waals surface area contributed by atoms with Crippen molar-refractivity contribution in [2.45, 2.75) is 53.0 Å². The lowest BCUT2D eigenvalue weighted by molar-refractivity contribution is -0.131. The van der Waals surface area contributed by atoms with E-state index in [4.69, 9.17) is 0 Å². The van der Waals surface area contributed by atoms with E-state index < -0.39 is 0 Å². The van der Waals surface area contributed by atoms with Gasteiger partial charge in [0.25, 0.3) is 5.91 Å². The van der Waals surface area contributed by atoms with Crippen molar-refractivity contribution in [3.63, 3.8) is 0 Å². The average molecular weight is 311 g/mol. The molecule has 6 heteroatoms. The molecule has 0 aliphatic heterocycles. The summed E-state index contributed by atoms with van der Waals surface area (Å²) < 4.78 is 0. The molecule has 1 aromatic rings. The Labute approximate surface area is 130 Å². The van der Waals surface area contributed by atoms with Gasteiger partial charge in [0.05, 0.1) is 6.54 Å². The maximum absolute atomic E-state index is 12.0. The molecular formula is C15H25N3O2S. The summed E-state index contributed by atoms with van der Waals surface area (Å²) in [5, 5.41) is 5.38. The predicted octanol–water partition coefficient (Wildman–Crippen LogP) is 2.82.